The van der Waals surface area contributed by atoms with E-state index >= 15 is 0 Å². The molecular formula is C23H17F3N4O3. The quantitative estimate of drug-likeness (QED) is 0.495. The van der Waals surface area contributed by atoms with Crippen LogP contribution in [0.4, 0.5) is 13.2 Å². The van der Waals surface area contributed by atoms with Gasteiger partial charge in [0.15, 0.2) is 0 Å². The molecule has 168 valence electrons. The minimum Gasteiger partial charge on any atom is -0.356 e. The number of H-pyrrole nitrogens is 1. The normalized spacial score (nSPS) is 16.8. The number of carbonyl (C=O) groups excluding carboxylic acids is 1. The van der Waals surface area contributed by atoms with E-state index in [1.165, 1.54) is 41.1 Å². The molecule has 2 N–H and O–H groups in total. The molecule has 0 saturated carbocycles. The highest BCUT2D eigenvalue weighted by molar-refractivity contribution is 5.90. The average Bonchev–Trinajstić information content (AvgIpc) is 3.39. The predicted molar refractivity (Wildman–Crippen MR) is 112 cm³/mol. The summed E-state index contributed by atoms with van der Waals surface area (Å²) in [5.41, 5.74) is -2.03. The number of carbonyl (C=O) groups is 1. The number of aromatic nitrogens is 3. The van der Waals surface area contributed by atoms with Crippen molar-refractivity contribution in [3.8, 4) is 11.3 Å². The summed E-state index contributed by atoms with van der Waals surface area (Å²) >= 11 is 0. The number of benzene rings is 2. The van der Waals surface area contributed by atoms with Gasteiger partial charge < -0.3 is 15.0 Å². The zero-order chi connectivity index (χ0) is 23.4. The average molecular weight is 454 g/mol. The monoisotopic (exact) mass is 454 g/mol. The van der Waals surface area contributed by atoms with Crippen molar-refractivity contribution in [1.29, 1.82) is 0 Å². The Balaban J connectivity index is 1.69. The molecule has 0 fully saturated rings. The van der Waals surface area contributed by atoms with Crippen LogP contribution in [0.25, 0.3) is 16.9 Å². The van der Waals surface area contributed by atoms with E-state index in [2.05, 4.69) is 15.3 Å². The van der Waals surface area contributed by atoms with Crippen molar-refractivity contribution in [2.75, 3.05) is 7.11 Å². The lowest BCUT2D eigenvalue weighted by Gasteiger charge is -2.34. The largest absolute Gasteiger partial charge is 0.430 e. The Kier molecular flexibility index (Phi) is 4.64. The first kappa shape index (κ1) is 21.0. The maximum Gasteiger partial charge on any atom is 0.430 e. The number of nitrogens with zero attached hydrogens (tertiary/aromatic N) is 2. The van der Waals surface area contributed by atoms with Crippen LogP contribution in [0, 0.1) is 0 Å². The summed E-state index contributed by atoms with van der Waals surface area (Å²) in [5.74, 6) is -1.38. The molecule has 0 spiro atoms. The molecule has 4 aromatic rings. The summed E-state index contributed by atoms with van der Waals surface area (Å²) in [7, 11) is 0.849. The molecule has 2 atom stereocenters. The van der Waals surface area contributed by atoms with Gasteiger partial charge in [-0.3, -0.25) is 14.0 Å². The SMILES string of the molecule is CO[C@@](C(=O)N[C@H]1c2ccccc2-c2[nH]c(=O)c3nccn3c21)(c1ccccc1)C(F)(F)F. The van der Waals surface area contributed by atoms with Gasteiger partial charge in [0.05, 0.1) is 17.4 Å². The van der Waals surface area contributed by atoms with Crippen LogP contribution in [-0.2, 0) is 15.1 Å². The lowest BCUT2D eigenvalue weighted by molar-refractivity contribution is -0.266. The Bertz CT molecular complexity index is 1430. The van der Waals surface area contributed by atoms with Gasteiger partial charge in [-0.2, -0.15) is 13.2 Å². The molecule has 33 heavy (non-hydrogen) atoms. The molecule has 0 bridgehead atoms. The zero-order valence-electron chi connectivity index (χ0n) is 17.2. The number of halogens is 3. The third kappa shape index (κ3) is 2.91. The number of fused-ring (bicyclic) bond motifs is 5. The summed E-state index contributed by atoms with van der Waals surface area (Å²) in [6.45, 7) is 0. The molecule has 0 unspecified atom stereocenters. The van der Waals surface area contributed by atoms with E-state index in [0.717, 1.165) is 7.11 Å². The maximum absolute atomic E-state index is 14.4. The molecule has 2 aromatic heterocycles. The van der Waals surface area contributed by atoms with Crippen LogP contribution in [0.5, 0.6) is 0 Å². The Morgan fingerprint density at radius 3 is 2.52 bits per heavy atom. The van der Waals surface area contributed by atoms with Crippen molar-refractivity contribution in [2.45, 2.75) is 17.8 Å². The number of ether oxygens (including phenoxy) is 1. The Morgan fingerprint density at radius 2 is 1.82 bits per heavy atom. The Hall–Kier alpha value is -3.92. The fourth-order valence-corrected chi connectivity index (χ4v) is 4.43. The van der Waals surface area contributed by atoms with Crippen molar-refractivity contribution in [2.24, 2.45) is 0 Å². The van der Waals surface area contributed by atoms with Crippen LogP contribution in [-0.4, -0.2) is 33.6 Å². The van der Waals surface area contributed by atoms with Crippen molar-refractivity contribution < 1.29 is 22.7 Å². The number of hydrogen-bond donors (Lipinski definition) is 2. The molecule has 0 radical (unpaired) electrons. The highest BCUT2D eigenvalue weighted by Crippen LogP contribution is 2.45. The van der Waals surface area contributed by atoms with Crippen molar-refractivity contribution >= 4 is 11.6 Å². The van der Waals surface area contributed by atoms with Gasteiger partial charge in [-0.15, -0.1) is 0 Å². The van der Waals surface area contributed by atoms with E-state index in [9.17, 15) is 22.8 Å². The van der Waals surface area contributed by atoms with Gasteiger partial charge in [0.2, 0.25) is 5.65 Å². The molecule has 0 saturated heterocycles. The van der Waals surface area contributed by atoms with Crippen molar-refractivity contribution in [3.63, 3.8) is 0 Å². The molecule has 5 rings (SSSR count). The molecular weight excluding hydrogens is 437 g/mol. The van der Waals surface area contributed by atoms with E-state index in [1.54, 1.807) is 30.3 Å². The molecule has 1 aliphatic rings. The summed E-state index contributed by atoms with van der Waals surface area (Å²) in [5, 5.41) is 2.53. The number of imidazole rings is 1. The van der Waals surface area contributed by atoms with E-state index in [4.69, 9.17) is 4.74 Å². The standard InChI is InChI=1S/C23H17F3N4O3/c1-33-22(23(24,25)26,13-7-3-2-4-8-13)21(32)29-17-15-10-6-5-9-14(15)16-18(17)30-12-11-27-19(30)20(31)28-16/h2-12,17H,1H3,(H,28,31)(H,29,32)/t17-,22+/m0/s1. The first-order chi connectivity index (χ1) is 15.8. The fourth-order valence-electron chi connectivity index (χ4n) is 4.43. The number of nitrogens with one attached hydrogen (secondary N) is 2. The fraction of sp³-hybridized carbons (Fsp3) is 0.174. The molecule has 2 aromatic carbocycles. The van der Waals surface area contributed by atoms with Gasteiger partial charge in [0, 0.05) is 30.6 Å². The summed E-state index contributed by atoms with van der Waals surface area (Å²) in [4.78, 5) is 32.6. The van der Waals surface area contributed by atoms with Gasteiger partial charge in [-0.1, -0.05) is 54.6 Å². The molecule has 10 heteroatoms. The van der Waals surface area contributed by atoms with Crippen LogP contribution >= 0.6 is 0 Å². The summed E-state index contributed by atoms with van der Waals surface area (Å²) in [6.07, 6.45) is -2.12. The molecule has 2 heterocycles. The maximum atomic E-state index is 14.4. The van der Waals surface area contributed by atoms with Gasteiger partial charge in [0.25, 0.3) is 17.1 Å². The number of methoxy groups -OCH3 is 1. The smallest absolute Gasteiger partial charge is 0.356 e. The second-order valence-electron chi connectivity index (χ2n) is 7.58. The van der Waals surface area contributed by atoms with Crippen molar-refractivity contribution in [3.05, 3.63) is 94.2 Å². The van der Waals surface area contributed by atoms with Gasteiger partial charge in [-0.25, -0.2) is 4.98 Å². The summed E-state index contributed by atoms with van der Waals surface area (Å²) < 4.78 is 49.5. The summed E-state index contributed by atoms with van der Waals surface area (Å²) in [6, 6.07) is 12.6. The van der Waals surface area contributed by atoms with Crippen LogP contribution in [0.1, 0.15) is 22.9 Å². The van der Waals surface area contributed by atoms with E-state index < -0.39 is 29.3 Å². The Labute approximate surface area is 184 Å². The minimum atomic E-state index is -5.05. The lowest BCUT2D eigenvalue weighted by atomic mass is 9.91. The van der Waals surface area contributed by atoms with Crippen LogP contribution in [0.3, 0.4) is 0 Å². The van der Waals surface area contributed by atoms with E-state index in [-0.39, 0.29) is 11.2 Å². The zero-order valence-corrected chi connectivity index (χ0v) is 17.2. The number of rotatable bonds is 4. The van der Waals surface area contributed by atoms with Gasteiger partial charge >= 0.3 is 6.18 Å². The third-order valence-corrected chi connectivity index (χ3v) is 5.89. The van der Waals surface area contributed by atoms with Gasteiger partial charge in [-0.05, 0) is 5.56 Å². The number of amides is 1. The molecule has 1 amide bonds. The predicted octanol–water partition coefficient (Wildman–Crippen LogP) is 3.31. The number of alkyl halides is 3. The van der Waals surface area contributed by atoms with Crippen molar-refractivity contribution in [1.82, 2.24) is 19.7 Å². The molecule has 0 aliphatic heterocycles. The molecule has 1 aliphatic carbocycles. The number of aromatic amines is 1. The first-order valence-electron chi connectivity index (χ1n) is 9.96. The highest BCUT2D eigenvalue weighted by atomic mass is 19.4. The van der Waals surface area contributed by atoms with E-state index in [1.807, 2.05) is 0 Å². The van der Waals surface area contributed by atoms with Gasteiger partial charge in [0.1, 0.15) is 0 Å². The Morgan fingerprint density at radius 1 is 1.12 bits per heavy atom. The second-order valence-corrected chi connectivity index (χ2v) is 7.58. The minimum absolute atomic E-state index is 0.0673. The first-order valence-corrected chi connectivity index (χ1v) is 9.96. The van der Waals surface area contributed by atoms with Crippen LogP contribution in [0.15, 0.2) is 71.8 Å². The van der Waals surface area contributed by atoms with Crippen LogP contribution < -0.4 is 10.9 Å². The van der Waals surface area contributed by atoms with Crippen LogP contribution in [0.2, 0.25) is 0 Å². The number of hydrogen-bond acceptors (Lipinski definition) is 4. The lowest BCUT2D eigenvalue weighted by Crippen LogP contribution is -2.56. The highest BCUT2D eigenvalue weighted by Gasteiger charge is 2.63. The van der Waals surface area contributed by atoms with E-state index in [0.29, 0.717) is 22.5 Å². The topological polar surface area (TPSA) is 88.5 Å². The third-order valence-electron chi connectivity index (χ3n) is 5.89. The molecule has 7 nitrogen and oxygen atoms in total. The second kappa shape index (κ2) is 7.31.